The van der Waals surface area contributed by atoms with Crippen LogP contribution in [0.25, 0.3) is 0 Å². The van der Waals surface area contributed by atoms with Crippen molar-refractivity contribution in [3.05, 3.63) is 33.2 Å². The van der Waals surface area contributed by atoms with Gasteiger partial charge in [-0.25, -0.2) is 0 Å². The first-order chi connectivity index (χ1) is 6.93. The quantitative estimate of drug-likeness (QED) is 0.780. The molecule has 5 heteroatoms. The molecule has 0 aliphatic rings. The summed E-state index contributed by atoms with van der Waals surface area (Å²) in [4.78, 5) is 34.0. The third kappa shape index (κ3) is 2.62. The summed E-state index contributed by atoms with van der Waals surface area (Å²) in [5, 5.41) is 0. The third-order valence-electron chi connectivity index (χ3n) is 1.95. The van der Waals surface area contributed by atoms with Crippen LogP contribution in [0.5, 0.6) is 0 Å². The number of pyridine rings is 1. The van der Waals surface area contributed by atoms with Crippen LogP contribution in [0.4, 0.5) is 0 Å². The Hall–Kier alpha value is -1.23. The lowest BCUT2D eigenvalue weighted by atomic mass is 10.1. The molecule has 0 radical (unpaired) electrons. The Balaban J connectivity index is 3.34. The second-order valence-electron chi connectivity index (χ2n) is 3.22. The number of carbonyl (C=O) groups is 2. The standard InChI is InChI=1S/C10H10BrNO3/c1-6(13)10(7(2)14)12-5-8(11)3-4-9(12)15/h3-5,10H,1-2H3. The summed E-state index contributed by atoms with van der Waals surface area (Å²) in [6, 6.07) is 1.86. The van der Waals surface area contributed by atoms with Crippen molar-refractivity contribution in [1.29, 1.82) is 0 Å². The van der Waals surface area contributed by atoms with Crippen molar-refractivity contribution in [1.82, 2.24) is 4.57 Å². The predicted molar refractivity (Wildman–Crippen MR) is 58.8 cm³/mol. The number of carbonyl (C=O) groups excluding carboxylic acids is 2. The Morgan fingerprint density at radius 2 is 1.80 bits per heavy atom. The molecule has 0 aliphatic heterocycles. The SMILES string of the molecule is CC(=O)C(C(C)=O)n1cc(Br)ccc1=O. The highest BCUT2D eigenvalue weighted by atomic mass is 79.9. The lowest BCUT2D eigenvalue weighted by molar-refractivity contribution is -0.129. The maximum atomic E-state index is 11.5. The zero-order chi connectivity index (χ0) is 11.6. The van der Waals surface area contributed by atoms with E-state index < -0.39 is 6.04 Å². The van der Waals surface area contributed by atoms with Crippen LogP contribution in [0.1, 0.15) is 19.9 Å². The number of aromatic nitrogens is 1. The molecular weight excluding hydrogens is 262 g/mol. The zero-order valence-corrected chi connectivity index (χ0v) is 9.95. The van der Waals surface area contributed by atoms with E-state index in [1.807, 2.05) is 0 Å². The predicted octanol–water partition coefficient (Wildman–Crippen LogP) is 1.33. The van der Waals surface area contributed by atoms with Crippen LogP contribution in [0.15, 0.2) is 27.6 Å². The van der Waals surface area contributed by atoms with Crippen molar-refractivity contribution in [3.8, 4) is 0 Å². The highest BCUT2D eigenvalue weighted by Gasteiger charge is 2.22. The van der Waals surface area contributed by atoms with E-state index in [2.05, 4.69) is 15.9 Å². The van der Waals surface area contributed by atoms with Crippen molar-refractivity contribution in [2.45, 2.75) is 19.9 Å². The summed E-state index contributed by atoms with van der Waals surface area (Å²) in [6.07, 6.45) is 1.44. The maximum absolute atomic E-state index is 11.5. The van der Waals surface area contributed by atoms with E-state index in [-0.39, 0.29) is 17.1 Å². The number of Topliss-reactive ketones (excluding diaryl/α,β-unsaturated/α-hetero) is 2. The highest BCUT2D eigenvalue weighted by Crippen LogP contribution is 2.11. The maximum Gasteiger partial charge on any atom is 0.251 e. The van der Waals surface area contributed by atoms with Crippen LogP contribution < -0.4 is 5.56 Å². The summed E-state index contributed by atoms with van der Waals surface area (Å²) in [6.45, 7) is 2.58. The number of hydrogen-bond donors (Lipinski definition) is 0. The van der Waals surface area contributed by atoms with Crippen LogP contribution >= 0.6 is 15.9 Å². The van der Waals surface area contributed by atoms with Crippen LogP contribution in [0.2, 0.25) is 0 Å². The molecule has 4 nitrogen and oxygen atoms in total. The number of nitrogens with zero attached hydrogens (tertiary/aromatic N) is 1. The Labute approximate surface area is 95.0 Å². The van der Waals surface area contributed by atoms with E-state index in [4.69, 9.17) is 0 Å². The van der Waals surface area contributed by atoms with Crippen LogP contribution in [0.3, 0.4) is 0 Å². The minimum absolute atomic E-state index is 0.345. The lowest BCUT2D eigenvalue weighted by Gasteiger charge is -2.13. The fraction of sp³-hybridized carbons (Fsp3) is 0.300. The van der Waals surface area contributed by atoms with Crippen LogP contribution in [-0.2, 0) is 9.59 Å². The van der Waals surface area contributed by atoms with E-state index in [0.29, 0.717) is 4.47 Å². The van der Waals surface area contributed by atoms with Gasteiger partial charge in [0, 0.05) is 16.7 Å². The number of hydrogen-bond acceptors (Lipinski definition) is 3. The van der Waals surface area contributed by atoms with Crippen molar-refractivity contribution >= 4 is 27.5 Å². The van der Waals surface area contributed by atoms with E-state index >= 15 is 0 Å². The molecule has 0 aliphatic carbocycles. The number of ketones is 2. The van der Waals surface area contributed by atoms with Gasteiger partial charge >= 0.3 is 0 Å². The number of halogens is 1. The van der Waals surface area contributed by atoms with E-state index in [1.165, 1.54) is 26.1 Å². The van der Waals surface area contributed by atoms with Crippen molar-refractivity contribution in [2.75, 3.05) is 0 Å². The summed E-state index contributed by atoms with van der Waals surface area (Å²) in [7, 11) is 0. The molecule has 0 amide bonds. The van der Waals surface area contributed by atoms with Gasteiger partial charge in [0.2, 0.25) is 0 Å². The van der Waals surface area contributed by atoms with E-state index in [0.717, 1.165) is 4.57 Å². The van der Waals surface area contributed by atoms with Crippen molar-refractivity contribution in [2.24, 2.45) is 0 Å². The molecular formula is C10H10BrNO3. The normalized spacial score (nSPS) is 10.4. The highest BCUT2D eigenvalue weighted by molar-refractivity contribution is 9.10. The van der Waals surface area contributed by atoms with E-state index in [9.17, 15) is 14.4 Å². The van der Waals surface area contributed by atoms with Crippen LogP contribution in [-0.4, -0.2) is 16.1 Å². The monoisotopic (exact) mass is 271 g/mol. The summed E-state index contributed by atoms with van der Waals surface area (Å²) >= 11 is 3.18. The molecule has 0 N–H and O–H groups in total. The summed E-state index contributed by atoms with van der Waals surface area (Å²) < 4.78 is 1.78. The Morgan fingerprint density at radius 1 is 1.27 bits per heavy atom. The smallest absolute Gasteiger partial charge is 0.251 e. The average Bonchev–Trinajstić information content (AvgIpc) is 2.10. The van der Waals surface area contributed by atoms with Gasteiger partial charge < -0.3 is 0 Å². The second-order valence-corrected chi connectivity index (χ2v) is 4.13. The molecule has 15 heavy (non-hydrogen) atoms. The first kappa shape index (κ1) is 11.8. The largest absolute Gasteiger partial charge is 0.297 e. The Bertz CT molecular complexity index is 450. The second kappa shape index (κ2) is 4.53. The molecule has 1 aromatic rings. The van der Waals surface area contributed by atoms with Gasteiger partial charge in [-0.15, -0.1) is 0 Å². The third-order valence-corrected chi connectivity index (χ3v) is 2.42. The first-order valence-electron chi connectivity index (χ1n) is 4.32. The van der Waals surface area contributed by atoms with Gasteiger partial charge in [-0.3, -0.25) is 19.0 Å². The molecule has 0 spiro atoms. The van der Waals surface area contributed by atoms with Gasteiger partial charge in [0.15, 0.2) is 17.6 Å². The fourth-order valence-electron chi connectivity index (χ4n) is 1.36. The molecule has 1 rings (SSSR count). The summed E-state index contributed by atoms with van der Waals surface area (Å²) in [5.74, 6) is -0.689. The van der Waals surface area contributed by atoms with Gasteiger partial charge in [-0.1, -0.05) is 0 Å². The van der Waals surface area contributed by atoms with Gasteiger partial charge in [-0.05, 0) is 35.8 Å². The zero-order valence-electron chi connectivity index (χ0n) is 8.36. The first-order valence-corrected chi connectivity index (χ1v) is 5.11. The summed E-state index contributed by atoms with van der Waals surface area (Å²) in [5.41, 5.74) is -0.367. The van der Waals surface area contributed by atoms with Crippen molar-refractivity contribution < 1.29 is 9.59 Å². The molecule has 0 unspecified atom stereocenters. The Morgan fingerprint density at radius 3 is 2.27 bits per heavy atom. The molecule has 0 atom stereocenters. The topological polar surface area (TPSA) is 56.1 Å². The molecule has 1 aromatic heterocycles. The molecule has 0 aromatic carbocycles. The minimum Gasteiger partial charge on any atom is -0.297 e. The van der Waals surface area contributed by atoms with Gasteiger partial charge in [-0.2, -0.15) is 0 Å². The molecule has 0 fully saturated rings. The van der Waals surface area contributed by atoms with Crippen molar-refractivity contribution in [3.63, 3.8) is 0 Å². The minimum atomic E-state index is -1.02. The van der Waals surface area contributed by atoms with Gasteiger partial charge in [0.25, 0.3) is 5.56 Å². The molecule has 0 bridgehead atoms. The Kier molecular flexibility index (Phi) is 3.57. The molecule has 0 saturated carbocycles. The molecule has 80 valence electrons. The molecule has 0 saturated heterocycles. The van der Waals surface area contributed by atoms with Gasteiger partial charge in [0.05, 0.1) is 0 Å². The van der Waals surface area contributed by atoms with Crippen LogP contribution in [0, 0.1) is 0 Å². The fourth-order valence-corrected chi connectivity index (χ4v) is 1.71. The van der Waals surface area contributed by atoms with Gasteiger partial charge in [0.1, 0.15) is 0 Å². The molecule has 1 heterocycles. The van der Waals surface area contributed by atoms with E-state index in [1.54, 1.807) is 6.07 Å². The lowest BCUT2D eigenvalue weighted by Crippen LogP contribution is -2.32. The number of rotatable bonds is 3. The average molecular weight is 272 g/mol.